The van der Waals surface area contributed by atoms with Crippen molar-refractivity contribution >= 4 is 0 Å². The molecule has 0 unspecified atom stereocenters. The molecule has 0 aromatic heterocycles. The number of unbranched alkanes of at least 4 members (excludes halogenated alkanes) is 2. The quantitative estimate of drug-likeness (QED) is 0.617. The Labute approximate surface area is 88.1 Å². The second kappa shape index (κ2) is 7.24. The average molecular weight is 199 g/mol. The molecule has 0 aromatic carbocycles. The Hall–Kier alpha value is -0.0800. The zero-order chi connectivity index (χ0) is 10.2. The van der Waals surface area contributed by atoms with Crippen molar-refractivity contribution in [1.29, 1.82) is 0 Å². The summed E-state index contributed by atoms with van der Waals surface area (Å²) in [5, 5.41) is 12.2. The van der Waals surface area contributed by atoms with Gasteiger partial charge in [-0.2, -0.15) is 0 Å². The summed E-state index contributed by atoms with van der Waals surface area (Å²) in [4.78, 5) is 0. The number of nitrogens with one attached hydrogen (secondary N) is 1. The van der Waals surface area contributed by atoms with Gasteiger partial charge in [-0.05, 0) is 51.5 Å². The molecule has 14 heavy (non-hydrogen) atoms. The summed E-state index contributed by atoms with van der Waals surface area (Å²) in [5.41, 5.74) is 0. The van der Waals surface area contributed by atoms with Crippen LogP contribution in [0.1, 0.15) is 51.9 Å². The smallest absolute Gasteiger partial charge is 0.0431 e. The van der Waals surface area contributed by atoms with Gasteiger partial charge in [-0.3, -0.25) is 0 Å². The number of hydrogen-bond acceptors (Lipinski definition) is 2. The first-order valence-corrected chi connectivity index (χ1v) is 6.19. The van der Waals surface area contributed by atoms with E-state index in [9.17, 15) is 0 Å². The highest BCUT2D eigenvalue weighted by Crippen LogP contribution is 2.27. The van der Waals surface area contributed by atoms with Gasteiger partial charge in [-0.15, -0.1) is 0 Å². The zero-order valence-electron chi connectivity index (χ0n) is 9.47. The predicted molar refractivity (Wildman–Crippen MR) is 60.4 cm³/mol. The highest BCUT2D eigenvalue weighted by molar-refractivity contribution is 4.76. The standard InChI is InChI=1S/C12H25NO/c1-11(12-7-3-4-8-12)13-9-5-2-6-10-14/h11-14H,2-10H2,1H3/t11-/m1/s1. The van der Waals surface area contributed by atoms with Crippen molar-refractivity contribution in [2.45, 2.75) is 57.9 Å². The molecule has 0 aromatic rings. The number of rotatable bonds is 7. The second-order valence-electron chi connectivity index (χ2n) is 4.57. The third-order valence-corrected chi connectivity index (χ3v) is 3.41. The van der Waals surface area contributed by atoms with Crippen LogP contribution in [-0.4, -0.2) is 24.3 Å². The van der Waals surface area contributed by atoms with Crippen molar-refractivity contribution in [2.24, 2.45) is 5.92 Å². The van der Waals surface area contributed by atoms with Crippen molar-refractivity contribution in [1.82, 2.24) is 5.32 Å². The Kier molecular flexibility index (Phi) is 6.20. The van der Waals surface area contributed by atoms with Crippen LogP contribution in [0, 0.1) is 5.92 Å². The van der Waals surface area contributed by atoms with Crippen LogP contribution in [0.3, 0.4) is 0 Å². The van der Waals surface area contributed by atoms with Crippen LogP contribution >= 0.6 is 0 Å². The van der Waals surface area contributed by atoms with E-state index < -0.39 is 0 Å². The fourth-order valence-corrected chi connectivity index (χ4v) is 2.37. The molecule has 0 saturated heterocycles. The predicted octanol–water partition coefficient (Wildman–Crippen LogP) is 2.32. The first-order valence-electron chi connectivity index (χ1n) is 6.19. The maximum Gasteiger partial charge on any atom is 0.0431 e. The molecule has 0 aliphatic heterocycles. The van der Waals surface area contributed by atoms with E-state index in [2.05, 4.69) is 12.2 Å². The van der Waals surface area contributed by atoms with Crippen LogP contribution in [0.15, 0.2) is 0 Å². The molecule has 0 spiro atoms. The van der Waals surface area contributed by atoms with Crippen LogP contribution < -0.4 is 5.32 Å². The van der Waals surface area contributed by atoms with Gasteiger partial charge >= 0.3 is 0 Å². The Morgan fingerprint density at radius 1 is 1.21 bits per heavy atom. The Bertz CT molecular complexity index is 132. The van der Waals surface area contributed by atoms with Gasteiger partial charge in [-0.1, -0.05) is 12.8 Å². The van der Waals surface area contributed by atoms with Crippen molar-refractivity contribution in [3.05, 3.63) is 0 Å². The van der Waals surface area contributed by atoms with Gasteiger partial charge in [0.25, 0.3) is 0 Å². The fourth-order valence-electron chi connectivity index (χ4n) is 2.37. The van der Waals surface area contributed by atoms with Gasteiger partial charge in [-0.25, -0.2) is 0 Å². The van der Waals surface area contributed by atoms with E-state index in [1.165, 1.54) is 32.1 Å². The average Bonchev–Trinajstić information content (AvgIpc) is 2.70. The Balaban J connectivity index is 1.94. The molecule has 0 radical (unpaired) electrons. The first kappa shape index (κ1) is 12.0. The minimum absolute atomic E-state index is 0.345. The summed E-state index contributed by atoms with van der Waals surface area (Å²) in [5.74, 6) is 0.924. The van der Waals surface area contributed by atoms with Gasteiger partial charge in [0.05, 0.1) is 0 Å². The largest absolute Gasteiger partial charge is 0.396 e. The molecular weight excluding hydrogens is 174 g/mol. The molecule has 2 heteroatoms. The molecule has 0 amide bonds. The van der Waals surface area contributed by atoms with Gasteiger partial charge < -0.3 is 10.4 Å². The maximum atomic E-state index is 8.63. The summed E-state index contributed by atoms with van der Waals surface area (Å²) in [6, 6.07) is 0.701. The van der Waals surface area contributed by atoms with E-state index in [4.69, 9.17) is 5.11 Å². The summed E-state index contributed by atoms with van der Waals surface area (Å²) in [7, 11) is 0. The molecule has 1 aliphatic rings. The van der Waals surface area contributed by atoms with E-state index >= 15 is 0 Å². The maximum absolute atomic E-state index is 8.63. The van der Waals surface area contributed by atoms with E-state index in [1.807, 2.05) is 0 Å². The first-order chi connectivity index (χ1) is 6.84. The van der Waals surface area contributed by atoms with E-state index in [-0.39, 0.29) is 0 Å². The van der Waals surface area contributed by atoms with Gasteiger partial charge in [0, 0.05) is 12.6 Å². The molecule has 84 valence electrons. The van der Waals surface area contributed by atoms with Crippen molar-refractivity contribution in [3.8, 4) is 0 Å². The lowest BCUT2D eigenvalue weighted by atomic mass is 10.00. The summed E-state index contributed by atoms with van der Waals surface area (Å²) in [6.07, 6.45) is 9.02. The Morgan fingerprint density at radius 2 is 1.93 bits per heavy atom. The summed E-state index contributed by atoms with van der Waals surface area (Å²) in [6.45, 7) is 3.79. The number of hydrogen-bond donors (Lipinski definition) is 2. The Morgan fingerprint density at radius 3 is 2.57 bits per heavy atom. The van der Waals surface area contributed by atoms with Crippen LogP contribution in [0.25, 0.3) is 0 Å². The van der Waals surface area contributed by atoms with Crippen LogP contribution in [0.5, 0.6) is 0 Å². The highest BCUT2D eigenvalue weighted by atomic mass is 16.2. The molecule has 1 aliphatic carbocycles. The SMILES string of the molecule is C[C@@H](NCCCCCO)C1CCCC1. The van der Waals surface area contributed by atoms with Crippen molar-refractivity contribution < 1.29 is 5.11 Å². The molecule has 1 fully saturated rings. The molecule has 1 atom stereocenters. The van der Waals surface area contributed by atoms with Crippen LogP contribution in [0.2, 0.25) is 0 Å². The van der Waals surface area contributed by atoms with Crippen molar-refractivity contribution in [3.63, 3.8) is 0 Å². The monoisotopic (exact) mass is 199 g/mol. The lowest BCUT2D eigenvalue weighted by Crippen LogP contribution is -2.32. The molecule has 2 N–H and O–H groups in total. The zero-order valence-corrected chi connectivity index (χ0v) is 9.47. The minimum Gasteiger partial charge on any atom is -0.396 e. The third-order valence-electron chi connectivity index (χ3n) is 3.41. The molecule has 2 nitrogen and oxygen atoms in total. The highest BCUT2D eigenvalue weighted by Gasteiger charge is 2.20. The van der Waals surface area contributed by atoms with E-state index in [0.717, 1.165) is 25.3 Å². The minimum atomic E-state index is 0.345. The van der Waals surface area contributed by atoms with Gasteiger partial charge in [0.1, 0.15) is 0 Å². The molecule has 0 bridgehead atoms. The van der Waals surface area contributed by atoms with Crippen LogP contribution in [0.4, 0.5) is 0 Å². The lowest BCUT2D eigenvalue weighted by molar-refractivity contribution is 0.281. The topological polar surface area (TPSA) is 32.3 Å². The normalized spacial score (nSPS) is 20.1. The van der Waals surface area contributed by atoms with Gasteiger partial charge in [0.2, 0.25) is 0 Å². The van der Waals surface area contributed by atoms with Crippen LogP contribution in [-0.2, 0) is 0 Å². The third kappa shape index (κ3) is 4.43. The summed E-state index contributed by atoms with van der Waals surface area (Å²) < 4.78 is 0. The summed E-state index contributed by atoms with van der Waals surface area (Å²) >= 11 is 0. The fraction of sp³-hybridized carbons (Fsp3) is 1.00. The van der Waals surface area contributed by atoms with Gasteiger partial charge in [0.15, 0.2) is 0 Å². The number of aliphatic hydroxyl groups is 1. The lowest BCUT2D eigenvalue weighted by Gasteiger charge is -2.20. The number of aliphatic hydroxyl groups excluding tert-OH is 1. The molecule has 1 rings (SSSR count). The molecular formula is C12H25NO. The van der Waals surface area contributed by atoms with Crippen molar-refractivity contribution in [2.75, 3.05) is 13.2 Å². The molecule has 0 heterocycles. The van der Waals surface area contributed by atoms with E-state index in [1.54, 1.807) is 0 Å². The molecule has 1 saturated carbocycles. The van der Waals surface area contributed by atoms with E-state index in [0.29, 0.717) is 12.6 Å². The second-order valence-corrected chi connectivity index (χ2v) is 4.57.